The molecule has 0 amide bonds. The van der Waals surface area contributed by atoms with Gasteiger partial charge in [0.05, 0.1) is 6.19 Å². The summed E-state index contributed by atoms with van der Waals surface area (Å²) in [7, 11) is 0.128. The number of hydrogen-bond donors (Lipinski definition) is 1. The van der Waals surface area contributed by atoms with E-state index in [0.717, 1.165) is 18.2 Å². The van der Waals surface area contributed by atoms with E-state index < -0.39 is 12.0 Å². The first-order valence-electron chi connectivity index (χ1n) is 5.32. The molecule has 1 atom stereocenters. The van der Waals surface area contributed by atoms with Gasteiger partial charge in [0.15, 0.2) is 0 Å². The third-order valence-corrected chi connectivity index (χ3v) is 3.21. The monoisotopic (exact) mass is 251 g/mol. The number of rotatable bonds is 3. The number of carbonyl (C=O) groups is 2. The van der Waals surface area contributed by atoms with Crippen molar-refractivity contribution in [3.8, 4) is 0 Å². The van der Waals surface area contributed by atoms with Gasteiger partial charge in [-0.2, -0.15) is 0 Å². The molecule has 4 nitrogen and oxygen atoms in total. The molecule has 0 aromatic heterocycles. The maximum absolute atomic E-state index is 11.3. The fourth-order valence-electron chi connectivity index (χ4n) is 2.22. The number of benzene rings is 1. The predicted octanol–water partition coefficient (Wildman–Crippen LogP) is 0.865. The predicted molar refractivity (Wildman–Crippen MR) is 66.1 cm³/mol. The average Bonchev–Trinajstić information content (AvgIpc) is 2.28. The van der Waals surface area contributed by atoms with Gasteiger partial charge in [-0.25, -0.2) is 0 Å². The molecule has 1 unspecified atom stereocenters. The molecule has 0 saturated carbocycles. The van der Waals surface area contributed by atoms with Gasteiger partial charge >= 0.3 is 5.97 Å². The van der Waals surface area contributed by atoms with Gasteiger partial charge in [0.25, 0.3) is 7.41 Å². The molecule has 0 bridgehead atoms. The highest BCUT2D eigenvalue weighted by Gasteiger charge is 2.32. The van der Waals surface area contributed by atoms with E-state index in [9.17, 15) is 14.7 Å². The Kier molecular flexibility index (Phi) is 3.50. The van der Waals surface area contributed by atoms with Crippen molar-refractivity contribution in [2.24, 2.45) is 0 Å². The topological polar surface area (TPSA) is 57.6 Å². The first-order valence-corrected chi connectivity index (χ1v) is 5.70. The zero-order valence-electron chi connectivity index (χ0n) is 9.10. The van der Waals surface area contributed by atoms with Crippen LogP contribution in [0.5, 0.6) is 0 Å². The summed E-state index contributed by atoms with van der Waals surface area (Å²) in [6.07, 6.45) is 1.47. The molecule has 88 valence electrons. The number of aliphatic carboxylic acids is 1. The van der Waals surface area contributed by atoms with Gasteiger partial charge in [-0.15, -0.1) is 0 Å². The van der Waals surface area contributed by atoms with Crippen LogP contribution in [0.3, 0.4) is 0 Å². The minimum absolute atomic E-state index is 0.128. The number of nitrogens with zero attached hydrogens (tertiary/aromatic N) is 1. The van der Waals surface area contributed by atoms with Crippen LogP contribution in [-0.2, 0) is 16.0 Å². The second-order valence-corrected chi connectivity index (χ2v) is 4.43. The summed E-state index contributed by atoms with van der Waals surface area (Å²) in [4.78, 5) is 23.5. The maximum atomic E-state index is 11.3. The van der Waals surface area contributed by atoms with Crippen molar-refractivity contribution in [1.82, 2.24) is 4.81 Å². The number of halogens is 1. The molecule has 0 spiro atoms. The van der Waals surface area contributed by atoms with Crippen LogP contribution in [0.25, 0.3) is 0 Å². The minimum Gasteiger partial charge on any atom is -0.480 e. The fraction of sp³-hybridized carbons (Fsp3) is 0.273. The van der Waals surface area contributed by atoms with Gasteiger partial charge in [0, 0.05) is 5.02 Å². The molecule has 0 saturated heterocycles. The number of hydrogen-bond acceptors (Lipinski definition) is 3. The van der Waals surface area contributed by atoms with Crippen LogP contribution in [0.15, 0.2) is 18.2 Å². The Hall–Kier alpha value is -1.33. The standard InChI is InChI=1S/C11H11BClNO3/c13-8-2-1-7-3-4-14(12-6-15)10(11(16)17)9(7)5-8/h1-2,5-6,10,12H,3-4H2,(H,16,17). The lowest BCUT2D eigenvalue weighted by Crippen LogP contribution is -2.42. The van der Waals surface area contributed by atoms with Gasteiger partial charge in [-0.3, -0.25) is 4.79 Å². The van der Waals surface area contributed by atoms with Crippen LogP contribution in [0.4, 0.5) is 0 Å². The number of carboxylic acid groups (broad SMARTS) is 1. The Morgan fingerprint density at radius 3 is 3.00 bits per heavy atom. The molecule has 0 radical (unpaired) electrons. The zero-order chi connectivity index (χ0) is 12.4. The highest BCUT2D eigenvalue weighted by atomic mass is 35.5. The van der Waals surface area contributed by atoms with Gasteiger partial charge in [-0.1, -0.05) is 17.7 Å². The summed E-state index contributed by atoms with van der Waals surface area (Å²) in [5.41, 5.74) is 1.68. The zero-order valence-corrected chi connectivity index (χ0v) is 9.85. The van der Waals surface area contributed by atoms with E-state index in [1.807, 2.05) is 6.07 Å². The van der Waals surface area contributed by atoms with Crippen molar-refractivity contribution in [2.45, 2.75) is 12.5 Å². The maximum Gasteiger partial charge on any atom is 0.324 e. The first-order chi connectivity index (χ1) is 8.13. The lowest BCUT2D eigenvalue weighted by atomic mass is 9.83. The third kappa shape index (κ3) is 2.35. The summed E-state index contributed by atoms with van der Waals surface area (Å²) in [5.74, 6) is -0.949. The normalized spacial score (nSPS) is 19.5. The van der Waals surface area contributed by atoms with Crippen LogP contribution >= 0.6 is 11.6 Å². The molecule has 17 heavy (non-hydrogen) atoms. The van der Waals surface area contributed by atoms with Crippen molar-refractivity contribution < 1.29 is 14.7 Å². The van der Waals surface area contributed by atoms with E-state index >= 15 is 0 Å². The molecule has 1 heterocycles. The van der Waals surface area contributed by atoms with E-state index in [1.54, 1.807) is 16.9 Å². The van der Waals surface area contributed by atoms with E-state index in [1.165, 1.54) is 0 Å². The Morgan fingerprint density at radius 1 is 1.59 bits per heavy atom. The molecular formula is C11H11BClNO3. The Balaban J connectivity index is 2.44. The molecule has 2 rings (SSSR count). The summed E-state index contributed by atoms with van der Waals surface area (Å²) in [5, 5.41) is 9.79. The highest BCUT2D eigenvalue weighted by molar-refractivity contribution is 6.64. The van der Waals surface area contributed by atoms with Crippen LogP contribution in [0.1, 0.15) is 17.2 Å². The molecule has 1 aliphatic heterocycles. The van der Waals surface area contributed by atoms with Crippen molar-refractivity contribution in [3.05, 3.63) is 34.3 Å². The third-order valence-electron chi connectivity index (χ3n) is 2.98. The Bertz CT molecular complexity index is 466. The van der Waals surface area contributed by atoms with Gasteiger partial charge in [-0.05, 0) is 36.2 Å². The second kappa shape index (κ2) is 4.90. The summed E-state index contributed by atoms with van der Waals surface area (Å²) >= 11 is 5.89. The van der Waals surface area contributed by atoms with Crippen LogP contribution in [0, 0.1) is 0 Å². The highest BCUT2D eigenvalue weighted by Crippen LogP contribution is 2.31. The van der Waals surface area contributed by atoms with E-state index in [0.29, 0.717) is 17.1 Å². The molecule has 0 fully saturated rings. The Labute approximate surface area is 104 Å². The van der Waals surface area contributed by atoms with Crippen molar-refractivity contribution >= 4 is 31.2 Å². The van der Waals surface area contributed by atoms with E-state index in [2.05, 4.69) is 0 Å². The summed E-state index contributed by atoms with van der Waals surface area (Å²) in [6.45, 7) is 0.574. The van der Waals surface area contributed by atoms with Crippen molar-refractivity contribution in [2.75, 3.05) is 6.54 Å². The number of carbonyl (C=O) groups excluding carboxylic acids is 1. The summed E-state index contributed by atoms with van der Waals surface area (Å²) in [6, 6.07) is 4.51. The molecule has 1 aromatic carbocycles. The van der Waals surface area contributed by atoms with Crippen molar-refractivity contribution in [1.29, 1.82) is 0 Å². The molecular weight excluding hydrogens is 240 g/mol. The average molecular weight is 251 g/mol. The number of carboxylic acids is 1. The molecule has 6 heteroatoms. The molecule has 1 aliphatic rings. The SMILES string of the molecule is O=CBN1CCc2ccc(Cl)cc2C1C(=O)O. The lowest BCUT2D eigenvalue weighted by molar-refractivity contribution is -0.142. The molecule has 1 aromatic rings. The second-order valence-electron chi connectivity index (χ2n) is 4.00. The van der Waals surface area contributed by atoms with Crippen LogP contribution in [0.2, 0.25) is 5.02 Å². The van der Waals surface area contributed by atoms with Crippen LogP contribution < -0.4 is 0 Å². The Morgan fingerprint density at radius 2 is 2.35 bits per heavy atom. The number of fused-ring (bicyclic) bond motifs is 1. The van der Waals surface area contributed by atoms with Gasteiger partial charge in [0.1, 0.15) is 6.04 Å². The molecule has 1 N–H and O–H groups in total. The lowest BCUT2D eigenvalue weighted by Gasteiger charge is -2.33. The first kappa shape index (κ1) is 12.1. The summed E-state index contributed by atoms with van der Waals surface area (Å²) < 4.78 is 0. The fourth-order valence-corrected chi connectivity index (χ4v) is 2.40. The van der Waals surface area contributed by atoms with Crippen molar-refractivity contribution in [3.63, 3.8) is 0 Å². The largest absolute Gasteiger partial charge is 0.480 e. The molecule has 0 aliphatic carbocycles. The quantitative estimate of drug-likeness (QED) is 0.640. The van der Waals surface area contributed by atoms with Gasteiger partial charge < -0.3 is 14.7 Å². The van der Waals surface area contributed by atoms with E-state index in [4.69, 9.17) is 11.6 Å². The minimum atomic E-state index is -0.949. The van der Waals surface area contributed by atoms with E-state index in [-0.39, 0.29) is 7.41 Å². The smallest absolute Gasteiger partial charge is 0.324 e. The van der Waals surface area contributed by atoms with Gasteiger partial charge in [0.2, 0.25) is 0 Å². The van der Waals surface area contributed by atoms with Crippen LogP contribution in [-0.4, -0.2) is 36.0 Å².